The summed E-state index contributed by atoms with van der Waals surface area (Å²) in [5.74, 6) is -0.252. The van der Waals surface area contributed by atoms with Crippen LogP contribution in [0.1, 0.15) is 12.8 Å². The number of thiol groups is 1. The molecular formula is C7H13NO2S. The second kappa shape index (κ2) is 3.45. The van der Waals surface area contributed by atoms with E-state index >= 15 is 0 Å². The fourth-order valence-corrected chi connectivity index (χ4v) is 1.80. The molecule has 1 rings (SSSR count). The molecule has 0 bridgehead atoms. The highest BCUT2D eigenvalue weighted by Crippen LogP contribution is 2.29. The Morgan fingerprint density at radius 3 is 2.36 bits per heavy atom. The quantitative estimate of drug-likeness (QED) is 0.531. The number of rotatable bonds is 2. The van der Waals surface area contributed by atoms with E-state index < -0.39 is 11.4 Å². The van der Waals surface area contributed by atoms with Crippen molar-refractivity contribution in [1.29, 1.82) is 0 Å². The topological polar surface area (TPSA) is 49.3 Å². The lowest BCUT2D eigenvalue weighted by Gasteiger charge is -2.31. The van der Waals surface area contributed by atoms with Gasteiger partial charge in [0.25, 0.3) is 0 Å². The fourth-order valence-electron chi connectivity index (χ4n) is 1.34. The largest absolute Gasteiger partial charge is 0.481 e. The molecule has 11 heavy (non-hydrogen) atoms. The van der Waals surface area contributed by atoms with Gasteiger partial charge < -0.3 is 10.4 Å². The average molecular weight is 175 g/mol. The average Bonchev–Trinajstić information content (AvgIpc) is 2.05. The molecule has 1 fully saturated rings. The first-order chi connectivity index (χ1) is 5.21. The number of carboxylic acids is 1. The zero-order valence-electron chi connectivity index (χ0n) is 6.34. The molecule has 0 aliphatic carbocycles. The summed E-state index contributed by atoms with van der Waals surface area (Å²) in [7, 11) is 0. The van der Waals surface area contributed by atoms with Gasteiger partial charge in [-0.25, -0.2) is 0 Å². The molecule has 1 aliphatic heterocycles. The van der Waals surface area contributed by atoms with Gasteiger partial charge >= 0.3 is 5.97 Å². The summed E-state index contributed by atoms with van der Waals surface area (Å²) in [6, 6.07) is 0. The van der Waals surface area contributed by atoms with Gasteiger partial charge in [-0.1, -0.05) is 0 Å². The number of aliphatic carboxylic acids is 1. The van der Waals surface area contributed by atoms with Crippen molar-refractivity contribution in [2.24, 2.45) is 5.41 Å². The van der Waals surface area contributed by atoms with Crippen LogP contribution in [-0.2, 0) is 4.79 Å². The maximum Gasteiger partial charge on any atom is 0.310 e. The van der Waals surface area contributed by atoms with Crippen molar-refractivity contribution in [1.82, 2.24) is 5.32 Å². The Hall–Kier alpha value is -0.220. The lowest BCUT2D eigenvalue weighted by atomic mass is 9.81. The van der Waals surface area contributed by atoms with E-state index in [9.17, 15) is 4.79 Å². The number of piperidine rings is 1. The minimum absolute atomic E-state index is 0.448. The summed E-state index contributed by atoms with van der Waals surface area (Å²) in [5, 5.41) is 12.0. The van der Waals surface area contributed by atoms with E-state index in [2.05, 4.69) is 17.9 Å². The van der Waals surface area contributed by atoms with E-state index in [1.807, 2.05) is 0 Å². The van der Waals surface area contributed by atoms with E-state index in [1.54, 1.807) is 0 Å². The highest BCUT2D eigenvalue weighted by atomic mass is 32.1. The van der Waals surface area contributed by atoms with Gasteiger partial charge in [0.15, 0.2) is 0 Å². The third-order valence-electron chi connectivity index (χ3n) is 2.32. The Morgan fingerprint density at radius 1 is 1.55 bits per heavy atom. The number of carboxylic acid groups (broad SMARTS) is 1. The zero-order valence-corrected chi connectivity index (χ0v) is 7.23. The summed E-state index contributed by atoms with van der Waals surface area (Å²) in [6.45, 7) is 1.60. The minimum atomic E-state index is -0.700. The van der Waals surface area contributed by atoms with Crippen LogP contribution < -0.4 is 5.32 Å². The van der Waals surface area contributed by atoms with Crippen LogP contribution in [-0.4, -0.2) is 29.9 Å². The lowest BCUT2D eigenvalue weighted by Crippen LogP contribution is -2.43. The van der Waals surface area contributed by atoms with E-state index in [0.717, 1.165) is 13.1 Å². The Morgan fingerprint density at radius 2 is 2.09 bits per heavy atom. The molecule has 4 heteroatoms. The van der Waals surface area contributed by atoms with Gasteiger partial charge in [0.2, 0.25) is 0 Å². The maximum absolute atomic E-state index is 10.8. The zero-order chi connectivity index (χ0) is 8.32. The number of hydrogen-bond acceptors (Lipinski definition) is 3. The Labute approximate surface area is 71.6 Å². The van der Waals surface area contributed by atoms with Gasteiger partial charge in [0, 0.05) is 5.75 Å². The van der Waals surface area contributed by atoms with Crippen molar-refractivity contribution < 1.29 is 9.90 Å². The summed E-state index contributed by atoms with van der Waals surface area (Å²) in [4.78, 5) is 10.8. The SMILES string of the molecule is O=C(O)C1(CS)CCNCC1. The fraction of sp³-hybridized carbons (Fsp3) is 0.857. The van der Waals surface area contributed by atoms with Crippen molar-refractivity contribution in [3.8, 4) is 0 Å². The molecular weight excluding hydrogens is 162 g/mol. The van der Waals surface area contributed by atoms with Crippen molar-refractivity contribution in [3.63, 3.8) is 0 Å². The van der Waals surface area contributed by atoms with Gasteiger partial charge in [-0.3, -0.25) is 4.79 Å². The van der Waals surface area contributed by atoms with Crippen LogP contribution in [0.25, 0.3) is 0 Å². The number of hydrogen-bond donors (Lipinski definition) is 3. The van der Waals surface area contributed by atoms with E-state index in [-0.39, 0.29) is 0 Å². The highest BCUT2D eigenvalue weighted by Gasteiger charge is 2.37. The van der Waals surface area contributed by atoms with Crippen molar-refractivity contribution in [2.45, 2.75) is 12.8 Å². The first kappa shape index (κ1) is 8.87. The molecule has 0 saturated carbocycles. The Balaban J connectivity index is 2.64. The van der Waals surface area contributed by atoms with E-state index in [4.69, 9.17) is 5.11 Å². The van der Waals surface area contributed by atoms with Crippen LogP contribution in [0.5, 0.6) is 0 Å². The molecule has 64 valence electrons. The summed E-state index contributed by atoms with van der Waals surface area (Å²) < 4.78 is 0. The van der Waals surface area contributed by atoms with Crippen LogP contribution in [0.15, 0.2) is 0 Å². The van der Waals surface area contributed by atoms with Crippen molar-refractivity contribution in [2.75, 3.05) is 18.8 Å². The van der Waals surface area contributed by atoms with Crippen molar-refractivity contribution >= 4 is 18.6 Å². The van der Waals surface area contributed by atoms with Gasteiger partial charge in [-0.15, -0.1) is 0 Å². The lowest BCUT2D eigenvalue weighted by molar-refractivity contribution is -0.148. The third-order valence-corrected chi connectivity index (χ3v) is 2.92. The van der Waals surface area contributed by atoms with E-state index in [0.29, 0.717) is 18.6 Å². The second-order valence-electron chi connectivity index (χ2n) is 2.99. The van der Waals surface area contributed by atoms with Crippen LogP contribution in [0.4, 0.5) is 0 Å². The van der Waals surface area contributed by atoms with Crippen LogP contribution >= 0.6 is 12.6 Å². The first-order valence-corrected chi connectivity index (χ1v) is 4.39. The standard InChI is InChI=1S/C7H13NO2S/c9-6(10)7(5-11)1-3-8-4-2-7/h8,11H,1-5H2,(H,9,10). The molecule has 0 aromatic carbocycles. The Kier molecular flexibility index (Phi) is 2.78. The Bertz CT molecular complexity index is 155. The van der Waals surface area contributed by atoms with Crippen molar-refractivity contribution in [3.05, 3.63) is 0 Å². The summed E-state index contributed by atoms with van der Waals surface area (Å²) in [6.07, 6.45) is 1.40. The van der Waals surface area contributed by atoms with Crippen LogP contribution in [0.3, 0.4) is 0 Å². The molecule has 0 unspecified atom stereocenters. The smallest absolute Gasteiger partial charge is 0.310 e. The number of nitrogens with one attached hydrogen (secondary N) is 1. The molecule has 0 aromatic rings. The summed E-state index contributed by atoms with van der Waals surface area (Å²) in [5.41, 5.74) is -0.561. The molecule has 3 nitrogen and oxygen atoms in total. The molecule has 0 atom stereocenters. The van der Waals surface area contributed by atoms with E-state index in [1.165, 1.54) is 0 Å². The predicted molar refractivity (Wildman–Crippen MR) is 46.0 cm³/mol. The first-order valence-electron chi connectivity index (χ1n) is 3.76. The monoisotopic (exact) mass is 175 g/mol. The van der Waals surface area contributed by atoms with Crippen LogP contribution in [0.2, 0.25) is 0 Å². The molecule has 1 aliphatic rings. The maximum atomic E-state index is 10.8. The van der Waals surface area contributed by atoms with Gasteiger partial charge in [0.05, 0.1) is 5.41 Å². The molecule has 1 saturated heterocycles. The minimum Gasteiger partial charge on any atom is -0.481 e. The summed E-state index contributed by atoms with van der Waals surface area (Å²) >= 11 is 4.08. The molecule has 0 aromatic heterocycles. The normalized spacial score (nSPS) is 23.0. The molecule has 0 radical (unpaired) electrons. The van der Waals surface area contributed by atoms with Crippen LogP contribution in [0, 0.1) is 5.41 Å². The number of carbonyl (C=O) groups is 1. The van der Waals surface area contributed by atoms with Gasteiger partial charge in [0.1, 0.15) is 0 Å². The highest BCUT2D eigenvalue weighted by molar-refractivity contribution is 7.80. The van der Waals surface area contributed by atoms with Gasteiger partial charge in [-0.05, 0) is 25.9 Å². The molecule has 0 spiro atoms. The molecule has 2 N–H and O–H groups in total. The predicted octanol–water partition coefficient (Wildman–Crippen LogP) is 0.371. The molecule has 1 heterocycles. The van der Waals surface area contributed by atoms with Gasteiger partial charge in [-0.2, -0.15) is 12.6 Å². The second-order valence-corrected chi connectivity index (χ2v) is 3.31. The third kappa shape index (κ3) is 1.68. The molecule has 0 amide bonds.